The van der Waals surface area contributed by atoms with Gasteiger partial charge < -0.3 is 5.32 Å². The van der Waals surface area contributed by atoms with Gasteiger partial charge >= 0.3 is 0 Å². The number of carbonyl (C=O) groups excluding carboxylic acids is 1. The van der Waals surface area contributed by atoms with Gasteiger partial charge in [0.25, 0.3) is 0 Å². The Morgan fingerprint density at radius 1 is 1.08 bits per heavy atom. The maximum absolute atomic E-state index is 12.5. The molecule has 0 bridgehead atoms. The van der Waals surface area contributed by atoms with Crippen LogP contribution < -0.4 is 10.7 Å². The molecule has 0 saturated heterocycles. The molecule has 1 fully saturated rings. The van der Waals surface area contributed by atoms with E-state index in [0.717, 1.165) is 38.1 Å². The zero-order valence-corrected chi connectivity index (χ0v) is 15.3. The maximum Gasteiger partial charge on any atom is 0.237 e. The second-order valence-corrected chi connectivity index (χ2v) is 7.29. The van der Waals surface area contributed by atoms with Gasteiger partial charge in [-0.2, -0.15) is 0 Å². The molecule has 2 N–H and O–H groups in total. The van der Waals surface area contributed by atoms with Crippen LogP contribution in [0.5, 0.6) is 0 Å². The zero-order chi connectivity index (χ0) is 17.6. The standard InChI is InChI=1S/C21H29N3O/c1-22-14-16-7-11-19(12-8-16)21(25)23-24(2)15-17-9-10-18-5-3-4-6-20(18)13-17/h3-6,9-10,13,16,19,22H,7-8,11-12,14-15H2,1-2H3,(H,23,25). The number of rotatable bonds is 6. The van der Waals surface area contributed by atoms with Crippen molar-refractivity contribution in [3.05, 3.63) is 48.0 Å². The van der Waals surface area contributed by atoms with Gasteiger partial charge in [-0.15, -0.1) is 0 Å². The Hall–Kier alpha value is -1.91. The molecule has 1 amide bonds. The summed E-state index contributed by atoms with van der Waals surface area (Å²) in [6.07, 6.45) is 4.30. The van der Waals surface area contributed by atoms with E-state index in [4.69, 9.17) is 0 Å². The lowest BCUT2D eigenvalue weighted by atomic mass is 9.81. The zero-order valence-electron chi connectivity index (χ0n) is 15.3. The Bertz CT molecular complexity index is 707. The summed E-state index contributed by atoms with van der Waals surface area (Å²) in [5.74, 6) is 1.06. The van der Waals surface area contributed by atoms with Crippen molar-refractivity contribution in [1.29, 1.82) is 0 Å². The van der Waals surface area contributed by atoms with Gasteiger partial charge in [0.15, 0.2) is 0 Å². The molecular formula is C21H29N3O. The number of nitrogens with one attached hydrogen (secondary N) is 2. The highest BCUT2D eigenvalue weighted by molar-refractivity contribution is 5.83. The number of carbonyl (C=O) groups is 1. The van der Waals surface area contributed by atoms with Crippen molar-refractivity contribution in [2.45, 2.75) is 32.2 Å². The summed E-state index contributed by atoms with van der Waals surface area (Å²) in [7, 11) is 3.94. The molecule has 4 heteroatoms. The smallest absolute Gasteiger partial charge is 0.237 e. The van der Waals surface area contributed by atoms with Crippen molar-refractivity contribution < 1.29 is 4.79 Å². The third-order valence-corrected chi connectivity index (χ3v) is 5.25. The van der Waals surface area contributed by atoms with Crippen LogP contribution in [0.2, 0.25) is 0 Å². The van der Waals surface area contributed by atoms with Crippen LogP contribution in [-0.2, 0) is 11.3 Å². The SMILES string of the molecule is CNCC1CCC(C(=O)NN(C)Cc2ccc3ccccc3c2)CC1. The Morgan fingerprint density at radius 3 is 2.52 bits per heavy atom. The number of hydrogen-bond acceptors (Lipinski definition) is 3. The highest BCUT2D eigenvalue weighted by atomic mass is 16.2. The Morgan fingerprint density at radius 2 is 1.80 bits per heavy atom. The summed E-state index contributed by atoms with van der Waals surface area (Å²) >= 11 is 0. The lowest BCUT2D eigenvalue weighted by Gasteiger charge is -2.29. The highest BCUT2D eigenvalue weighted by Crippen LogP contribution is 2.28. The van der Waals surface area contributed by atoms with Gasteiger partial charge in [0, 0.05) is 19.5 Å². The van der Waals surface area contributed by atoms with Gasteiger partial charge in [0.2, 0.25) is 5.91 Å². The Labute approximate surface area is 150 Å². The molecule has 1 saturated carbocycles. The minimum absolute atomic E-state index is 0.159. The minimum Gasteiger partial charge on any atom is -0.319 e. The first-order valence-corrected chi connectivity index (χ1v) is 9.29. The number of hydrogen-bond donors (Lipinski definition) is 2. The van der Waals surface area contributed by atoms with Crippen LogP contribution >= 0.6 is 0 Å². The molecule has 3 rings (SSSR count). The normalized spacial score (nSPS) is 20.8. The second kappa shape index (κ2) is 8.45. The monoisotopic (exact) mass is 339 g/mol. The lowest BCUT2D eigenvalue weighted by molar-refractivity contribution is -0.130. The van der Waals surface area contributed by atoms with Crippen LogP contribution in [0.3, 0.4) is 0 Å². The fourth-order valence-electron chi connectivity index (χ4n) is 3.85. The predicted octanol–water partition coefficient (Wildman–Crippen LogP) is 3.33. The summed E-state index contributed by atoms with van der Waals surface area (Å²) in [5, 5.41) is 7.64. The topological polar surface area (TPSA) is 44.4 Å². The maximum atomic E-state index is 12.5. The molecule has 0 heterocycles. The van der Waals surface area contributed by atoms with Gasteiger partial charge in [-0.25, -0.2) is 5.01 Å². The van der Waals surface area contributed by atoms with Crippen LogP contribution in [0.4, 0.5) is 0 Å². The Kier molecular flexibility index (Phi) is 6.05. The fourth-order valence-corrected chi connectivity index (χ4v) is 3.85. The van der Waals surface area contributed by atoms with Crippen LogP contribution in [0.25, 0.3) is 10.8 Å². The first kappa shape index (κ1) is 17.9. The van der Waals surface area contributed by atoms with E-state index in [1.807, 2.05) is 19.1 Å². The van der Waals surface area contributed by atoms with E-state index in [2.05, 4.69) is 53.2 Å². The minimum atomic E-state index is 0.159. The van der Waals surface area contributed by atoms with Crippen molar-refractivity contribution >= 4 is 16.7 Å². The van der Waals surface area contributed by atoms with Crippen LogP contribution in [0, 0.1) is 11.8 Å². The molecule has 0 aliphatic heterocycles. The van der Waals surface area contributed by atoms with Gasteiger partial charge in [-0.1, -0.05) is 36.4 Å². The van der Waals surface area contributed by atoms with Crippen molar-refractivity contribution in [3.63, 3.8) is 0 Å². The van der Waals surface area contributed by atoms with Gasteiger partial charge in [-0.3, -0.25) is 10.2 Å². The summed E-state index contributed by atoms with van der Waals surface area (Å²) in [5.41, 5.74) is 4.28. The summed E-state index contributed by atoms with van der Waals surface area (Å²) < 4.78 is 0. The van der Waals surface area contributed by atoms with Crippen molar-refractivity contribution in [2.75, 3.05) is 20.6 Å². The molecule has 2 aromatic rings. The number of benzene rings is 2. The highest BCUT2D eigenvalue weighted by Gasteiger charge is 2.26. The van der Waals surface area contributed by atoms with E-state index in [-0.39, 0.29) is 11.8 Å². The van der Waals surface area contributed by atoms with E-state index < -0.39 is 0 Å². The van der Waals surface area contributed by atoms with Crippen molar-refractivity contribution in [3.8, 4) is 0 Å². The van der Waals surface area contributed by atoms with E-state index in [9.17, 15) is 4.79 Å². The number of hydrazine groups is 1. The van der Waals surface area contributed by atoms with E-state index >= 15 is 0 Å². The lowest BCUT2D eigenvalue weighted by Crippen LogP contribution is -2.43. The average Bonchev–Trinajstić information content (AvgIpc) is 2.62. The fraction of sp³-hybridized carbons (Fsp3) is 0.476. The summed E-state index contributed by atoms with van der Waals surface area (Å²) in [6.45, 7) is 1.78. The molecule has 0 radical (unpaired) electrons. The van der Waals surface area contributed by atoms with Gasteiger partial charge in [-0.05, 0) is 67.6 Å². The largest absolute Gasteiger partial charge is 0.319 e. The molecule has 2 aromatic carbocycles. The molecule has 0 atom stereocenters. The second-order valence-electron chi connectivity index (χ2n) is 7.29. The summed E-state index contributed by atoms with van der Waals surface area (Å²) in [4.78, 5) is 12.5. The molecule has 25 heavy (non-hydrogen) atoms. The first-order chi connectivity index (χ1) is 12.2. The molecule has 0 spiro atoms. The van der Waals surface area contributed by atoms with Gasteiger partial charge in [0.1, 0.15) is 0 Å². The van der Waals surface area contributed by atoms with Crippen molar-refractivity contribution in [2.24, 2.45) is 11.8 Å². The molecule has 0 unspecified atom stereocenters. The molecule has 134 valence electrons. The van der Waals surface area contributed by atoms with E-state index in [1.54, 1.807) is 0 Å². The van der Waals surface area contributed by atoms with Crippen LogP contribution in [-0.4, -0.2) is 31.6 Å². The molecule has 1 aliphatic rings. The summed E-state index contributed by atoms with van der Waals surface area (Å²) in [6, 6.07) is 14.8. The third-order valence-electron chi connectivity index (χ3n) is 5.25. The average molecular weight is 339 g/mol. The number of amides is 1. The quantitative estimate of drug-likeness (QED) is 0.794. The Balaban J connectivity index is 1.51. The predicted molar refractivity (Wildman–Crippen MR) is 103 cm³/mol. The van der Waals surface area contributed by atoms with Crippen LogP contribution in [0.15, 0.2) is 42.5 Å². The first-order valence-electron chi connectivity index (χ1n) is 9.29. The molecule has 4 nitrogen and oxygen atoms in total. The van der Waals surface area contributed by atoms with Crippen molar-refractivity contribution in [1.82, 2.24) is 15.8 Å². The molecule has 1 aliphatic carbocycles. The molecular weight excluding hydrogens is 310 g/mol. The number of fused-ring (bicyclic) bond motifs is 1. The van der Waals surface area contributed by atoms with E-state index in [0.29, 0.717) is 6.54 Å². The number of nitrogens with zero attached hydrogens (tertiary/aromatic N) is 1. The van der Waals surface area contributed by atoms with E-state index in [1.165, 1.54) is 16.3 Å². The molecule has 0 aromatic heterocycles. The van der Waals surface area contributed by atoms with Crippen LogP contribution in [0.1, 0.15) is 31.2 Å². The van der Waals surface area contributed by atoms with Gasteiger partial charge in [0.05, 0.1) is 0 Å². The third kappa shape index (κ3) is 4.80.